The molecule has 4 rings (SSSR count). The fourth-order valence-electron chi connectivity index (χ4n) is 3.93. The highest BCUT2D eigenvalue weighted by molar-refractivity contribution is 5.49. The number of hydrogen-bond donors (Lipinski definition) is 1. The summed E-state index contributed by atoms with van der Waals surface area (Å²) in [5.74, 6) is 2.22. The van der Waals surface area contributed by atoms with Crippen molar-refractivity contribution in [3.8, 4) is 0 Å². The molecule has 5 nitrogen and oxygen atoms in total. The standard InChI is InChI=1S/C20H27N5/c1-2-8-18(7-1)23-16-17-6-5-11-22-20(17)25-14-12-24(13-15-25)19-9-3-4-10-21-19/h3-6,9-11,18,23H,1-2,7-8,12-16H2. The first-order valence-corrected chi connectivity index (χ1v) is 9.48. The Hall–Kier alpha value is -2.14. The van der Waals surface area contributed by atoms with Gasteiger partial charge in [-0.1, -0.05) is 25.0 Å². The van der Waals surface area contributed by atoms with Gasteiger partial charge in [-0.15, -0.1) is 0 Å². The highest BCUT2D eigenvalue weighted by Crippen LogP contribution is 2.22. The largest absolute Gasteiger partial charge is 0.353 e. The molecule has 0 atom stereocenters. The quantitative estimate of drug-likeness (QED) is 0.909. The molecule has 3 heterocycles. The van der Waals surface area contributed by atoms with Crippen LogP contribution in [-0.4, -0.2) is 42.2 Å². The van der Waals surface area contributed by atoms with E-state index in [0.29, 0.717) is 6.04 Å². The van der Waals surface area contributed by atoms with E-state index in [1.165, 1.54) is 31.2 Å². The number of aromatic nitrogens is 2. The maximum absolute atomic E-state index is 4.70. The van der Waals surface area contributed by atoms with Crippen LogP contribution in [0.1, 0.15) is 31.2 Å². The van der Waals surface area contributed by atoms with E-state index >= 15 is 0 Å². The van der Waals surface area contributed by atoms with Gasteiger partial charge in [-0.05, 0) is 31.0 Å². The summed E-state index contributed by atoms with van der Waals surface area (Å²) in [5.41, 5.74) is 1.32. The first-order chi connectivity index (χ1) is 12.4. The lowest BCUT2D eigenvalue weighted by atomic mass is 10.2. The Morgan fingerprint density at radius 3 is 2.40 bits per heavy atom. The molecule has 2 aromatic heterocycles. The number of anilines is 2. The first-order valence-electron chi connectivity index (χ1n) is 9.48. The zero-order valence-electron chi connectivity index (χ0n) is 14.8. The molecule has 1 saturated carbocycles. The minimum atomic E-state index is 0.689. The summed E-state index contributed by atoms with van der Waals surface area (Å²) in [4.78, 5) is 13.9. The molecule has 1 N–H and O–H groups in total. The zero-order valence-corrected chi connectivity index (χ0v) is 14.8. The normalized spacial score (nSPS) is 18.7. The van der Waals surface area contributed by atoms with Gasteiger partial charge in [0.2, 0.25) is 0 Å². The van der Waals surface area contributed by atoms with Crippen molar-refractivity contribution in [3.05, 3.63) is 48.3 Å². The Kier molecular flexibility index (Phi) is 5.11. The van der Waals surface area contributed by atoms with E-state index < -0.39 is 0 Å². The van der Waals surface area contributed by atoms with Gasteiger partial charge in [-0.3, -0.25) is 0 Å². The number of nitrogens with zero attached hydrogens (tertiary/aromatic N) is 4. The van der Waals surface area contributed by atoms with E-state index in [4.69, 9.17) is 4.98 Å². The zero-order chi connectivity index (χ0) is 16.9. The summed E-state index contributed by atoms with van der Waals surface area (Å²) in [7, 11) is 0. The number of rotatable bonds is 5. The lowest BCUT2D eigenvalue weighted by molar-refractivity contribution is 0.522. The van der Waals surface area contributed by atoms with E-state index in [2.05, 4.69) is 44.4 Å². The Labute approximate surface area is 150 Å². The minimum absolute atomic E-state index is 0.689. The lowest BCUT2D eigenvalue weighted by Gasteiger charge is -2.36. The van der Waals surface area contributed by atoms with Gasteiger partial charge in [0.25, 0.3) is 0 Å². The van der Waals surface area contributed by atoms with Crippen molar-refractivity contribution in [2.75, 3.05) is 36.0 Å². The molecule has 2 fully saturated rings. The molecule has 2 aromatic rings. The molecule has 0 aromatic carbocycles. The molecule has 25 heavy (non-hydrogen) atoms. The molecule has 2 aliphatic rings. The molecule has 0 radical (unpaired) electrons. The molecular formula is C20H27N5. The predicted octanol–water partition coefficient (Wildman–Crippen LogP) is 2.84. The summed E-state index contributed by atoms with van der Waals surface area (Å²) in [6.45, 7) is 4.88. The molecule has 0 unspecified atom stereocenters. The van der Waals surface area contributed by atoms with Gasteiger partial charge < -0.3 is 15.1 Å². The van der Waals surface area contributed by atoms with E-state index in [1.54, 1.807) is 0 Å². The molecule has 1 aliphatic carbocycles. The van der Waals surface area contributed by atoms with E-state index in [-0.39, 0.29) is 0 Å². The lowest BCUT2D eigenvalue weighted by Crippen LogP contribution is -2.47. The summed E-state index contributed by atoms with van der Waals surface area (Å²) in [6, 6.07) is 11.1. The third-order valence-electron chi connectivity index (χ3n) is 5.36. The molecular weight excluding hydrogens is 310 g/mol. The Balaban J connectivity index is 1.39. The number of piperazine rings is 1. The Bertz CT molecular complexity index is 661. The van der Waals surface area contributed by atoms with Gasteiger partial charge >= 0.3 is 0 Å². The van der Waals surface area contributed by atoms with Crippen molar-refractivity contribution < 1.29 is 0 Å². The van der Waals surface area contributed by atoms with Crippen molar-refractivity contribution in [2.24, 2.45) is 0 Å². The fraction of sp³-hybridized carbons (Fsp3) is 0.500. The van der Waals surface area contributed by atoms with Gasteiger partial charge in [0, 0.05) is 56.7 Å². The molecule has 5 heteroatoms. The first kappa shape index (κ1) is 16.3. The van der Waals surface area contributed by atoms with E-state index in [0.717, 1.165) is 44.4 Å². The molecule has 1 saturated heterocycles. The molecule has 0 amide bonds. The van der Waals surface area contributed by atoms with Crippen LogP contribution < -0.4 is 15.1 Å². The van der Waals surface area contributed by atoms with Gasteiger partial charge in [0.05, 0.1) is 0 Å². The third-order valence-corrected chi connectivity index (χ3v) is 5.36. The van der Waals surface area contributed by atoms with E-state index in [9.17, 15) is 0 Å². The molecule has 1 aliphatic heterocycles. The van der Waals surface area contributed by atoms with Crippen molar-refractivity contribution in [1.29, 1.82) is 0 Å². The van der Waals surface area contributed by atoms with Crippen LogP contribution in [0.5, 0.6) is 0 Å². The van der Waals surface area contributed by atoms with Crippen LogP contribution >= 0.6 is 0 Å². The van der Waals surface area contributed by atoms with Crippen molar-refractivity contribution in [2.45, 2.75) is 38.3 Å². The molecule has 0 bridgehead atoms. The van der Waals surface area contributed by atoms with Crippen LogP contribution in [0.15, 0.2) is 42.7 Å². The monoisotopic (exact) mass is 337 g/mol. The van der Waals surface area contributed by atoms with Crippen LogP contribution in [0, 0.1) is 0 Å². The summed E-state index contributed by atoms with van der Waals surface area (Å²) < 4.78 is 0. The maximum Gasteiger partial charge on any atom is 0.133 e. The summed E-state index contributed by atoms with van der Waals surface area (Å²) in [5, 5.41) is 3.72. The van der Waals surface area contributed by atoms with Crippen molar-refractivity contribution in [3.63, 3.8) is 0 Å². The van der Waals surface area contributed by atoms with Crippen LogP contribution in [0.4, 0.5) is 11.6 Å². The smallest absolute Gasteiger partial charge is 0.133 e. The summed E-state index contributed by atoms with van der Waals surface area (Å²) in [6.07, 6.45) is 9.16. The maximum atomic E-state index is 4.70. The topological polar surface area (TPSA) is 44.3 Å². The van der Waals surface area contributed by atoms with E-state index in [1.807, 2.05) is 18.5 Å². The SMILES string of the molecule is c1ccc(N2CCN(c3ncccc3CNC3CCCC3)CC2)nc1. The van der Waals surface area contributed by atoms with Crippen LogP contribution in [0.3, 0.4) is 0 Å². The molecule has 0 spiro atoms. The van der Waals surface area contributed by atoms with Crippen molar-refractivity contribution >= 4 is 11.6 Å². The molecule has 132 valence electrons. The van der Waals surface area contributed by atoms with Crippen LogP contribution in [0.2, 0.25) is 0 Å². The second-order valence-corrected chi connectivity index (χ2v) is 7.01. The van der Waals surface area contributed by atoms with Crippen molar-refractivity contribution in [1.82, 2.24) is 15.3 Å². The minimum Gasteiger partial charge on any atom is -0.353 e. The number of pyridine rings is 2. The predicted molar refractivity (Wildman–Crippen MR) is 102 cm³/mol. The van der Waals surface area contributed by atoms with Crippen LogP contribution in [-0.2, 0) is 6.54 Å². The van der Waals surface area contributed by atoms with Gasteiger partial charge in [-0.25, -0.2) is 9.97 Å². The fourth-order valence-corrected chi connectivity index (χ4v) is 3.93. The van der Waals surface area contributed by atoms with Gasteiger partial charge in [0.15, 0.2) is 0 Å². The summed E-state index contributed by atoms with van der Waals surface area (Å²) >= 11 is 0. The Morgan fingerprint density at radius 1 is 0.880 bits per heavy atom. The van der Waals surface area contributed by atoms with Gasteiger partial charge in [-0.2, -0.15) is 0 Å². The Morgan fingerprint density at radius 2 is 1.64 bits per heavy atom. The third kappa shape index (κ3) is 3.93. The second-order valence-electron chi connectivity index (χ2n) is 7.01. The number of hydrogen-bond acceptors (Lipinski definition) is 5. The highest BCUT2D eigenvalue weighted by atomic mass is 15.3. The van der Waals surface area contributed by atoms with Gasteiger partial charge in [0.1, 0.15) is 11.6 Å². The average molecular weight is 337 g/mol. The second kappa shape index (κ2) is 7.83. The highest BCUT2D eigenvalue weighted by Gasteiger charge is 2.21. The van der Waals surface area contributed by atoms with Crippen LogP contribution in [0.25, 0.3) is 0 Å². The average Bonchev–Trinajstić information content (AvgIpc) is 3.21. The number of nitrogens with one attached hydrogen (secondary N) is 1.